The normalized spacial score (nSPS) is 26.4. The summed E-state index contributed by atoms with van der Waals surface area (Å²) in [6.07, 6.45) is 14.9. The summed E-state index contributed by atoms with van der Waals surface area (Å²) >= 11 is 0. The van der Waals surface area contributed by atoms with Gasteiger partial charge in [-0.3, -0.25) is 0 Å². The monoisotopic (exact) mass is 441 g/mol. The van der Waals surface area contributed by atoms with Crippen LogP contribution in [0.2, 0.25) is 0 Å². The molecule has 0 saturated heterocycles. The van der Waals surface area contributed by atoms with Crippen LogP contribution in [0.5, 0.6) is 0 Å². The molecule has 5 rings (SSSR count). The van der Waals surface area contributed by atoms with Gasteiger partial charge in [-0.05, 0) is 45.4 Å². The Labute approximate surface area is 189 Å². The van der Waals surface area contributed by atoms with Gasteiger partial charge in [-0.1, -0.05) is 24.4 Å². The Hall–Kier alpha value is -2.19. The van der Waals surface area contributed by atoms with Gasteiger partial charge >= 0.3 is 0 Å². The molecule has 174 valence electrons. The first-order valence-corrected chi connectivity index (χ1v) is 12.3. The second-order valence-electron chi connectivity index (χ2n) is 9.51. The number of oxime groups is 1. The number of hydrogen-bond acceptors (Lipinski definition) is 7. The molecule has 2 aliphatic carbocycles. The van der Waals surface area contributed by atoms with Crippen molar-refractivity contribution in [2.75, 3.05) is 18.5 Å². The van der Waals surface area contributed by atoms with Crippen LogP contribution in [0.15, 0.2) is 17.5 Å². The van der Waals surface area contributed by atoms with Crippen LogP contribution in [-0.2, 0) is 16.1 Å². The number of anilines is 1. The molecule has 0 radical (unpaired) electrons. The van der Waals surface area contributed by atoms with Gasteiger partial charge in [-0.2, -0.15) is 5.10 Å². The lowest BCUT2D eigenvalue weighted by Crippen LogP contribution is -2.37. The van der Waals surface area contributed by atoms with Crippen molar-refractivity contribution in [2.24, 2.45) is 5.16 Å². The zero-order valence-electron chi connectivity index (χ0n) is 19.1. The van der Waals surface area contributed by atoms with Gasteiger partial charge in [-0.15, -0.1) is 0 Å². The molecule has 2 N–H and O–H groups in total. The molecule has 0 atom stereocenters. The van der Waals surface area contributed by atoms with Crippen molar-refractivity contribution in [1.82, 2.24) is 14.8 Å². The predicted octanol–water partition coefficient (Wildman–Crippen LogP) is 4.01. The molecule has 2 saturated carbocycles. The van der Waals surface area contributed by atoms with Crippen LogP contribution in [0.25, 0.3) is 11.0 Å². The molecule has 3 aliphatic rings. The highest BCUT2D eigenvalue weighted by molar-refractivity contribution is 6.10. The molecule has 0 bridgehead atoms. The quantitative estimate of drug-likeness (QED) is 0.674. The van der Waals surface area contributed by atoms with Crippen molar-refractivity contribution < 1.29 is 14.7 Å². The minimum absolute atomic E-state index is 0.0757. The minimum Gasteiger partial charge on any atom is -0.394 e. The summed E-state index contributed by atoms with van der Waals surface area (Å²) in [5.41, 5.74) is 3.83. The standard InChI is InChI=1S/C24H35N5O3/c1-2-29-23-20(16-26-29)22(27-17-6-4-3-5-7-17)19(15-25-23)21-14-24(32-28-21)10-8-18(9-11-24)31-13-12-30/h15-18,30H,2-14H2,1H3,(H,25,27). The molecule has 8 heteroatoms. The Bertz CT molecular complexity index is 958. The van der Waals surface area contributed by atoms with Gasteiger partial charge in [-0.25, -0.2) is 9.67 Å². The molecule has 2 fully saturated rings. The molecule has 0 amide bonds. The van der Waals surface area contributed by atoms with E-state index in [2.05, 4.69) is 22.5 Å². The average Bonchev–Trinajstić information content (AvgIpc) is 3.44. The van der Waals surface area contributed by atoms with E-state index in [1.165, 1.54) is 32.1 Å². The van der Waals surface area contributed by atoms with E-state index in [0.29, 0.717) is 12.6 Å². The van der Waals surface area contributed by atoms with Gasteiger partial charge < -0.3 is 20.0 Å². The molecule has 3 heterocycles. The number of nitrogens with one attached hydrogen (secondary N) is 1. The fourth-order valence-corrected chi connectivity index (χ4v) is 5.52. The Morgan fingerprint density at radius 1 is 1.19 bits per heavy atom. The summed E-state index contributed by atoms with van der Waals surface area (Å²) in [7, 11) is 0. The minimum atomic E-state index is -0.237. The number of aliphatic hydroxyl groups is 1. The van der Waals surface area contributed by atoms with Gasteiger partial charge in [0.05, 0.1) is 42.3 Å². The third-order valence-corrected chi connectivity index (χ3v) is 7.36. The fourth-order valence-electron chi connectivity index (χ4n) is 5.52. The van der Waals surface area contributed by atoms with E-state index in [9.17, 15) is 0 Å². The van der Waals surface area contributed by atoms with Crippen molar-refractivity contribution >= 4 is 22.4 Å². The zero-order chi connectivity index (χ0) is 22.0. The maximum atomic E-state index is 9.01. The van der Waals surface area contributed by atoms with Crippen molar-refractivity contribution in [3.63, 3.8) is 0 Å². The molecule has 8 nitrogen and oxygen atoms in total. The summed E-state index contributed by atoms with van der Waals surface area (Å²) in [4.78, 5) is 10.9. The van der Waals surface area contributed by atoms with Gasteiger partial charge in [0.15, 0.2) is 5.65 Å². The van der Waals surface area contributed by atoms with E-state index in [1.54, 1.807) is 0 Å². The lowest BCUT2D eigenvalue weighted by molar-refractivity contribution is -0.0848. The molecule has 0 aromatic carbocycles. The van der Waals surface area contributed by atoms with Gasteiger partial charge in [0.1, 0.15) is 5.60 Å². The second-order valence-corrected chi connectivity index (χ2v) is 9.51. The van der Waals surface area contributed by atoms with Crippen molar-refractivity contribution in [3.05, 3.63) is 18.0 Å². The van der Waals surface area contributed by atoms with Gasteiger partial charge in [0.2, 0.25) is 0 Å². The largest absolute Gasteiger partial charge is 0.394 e. The van der Waals surface area contributed by atoms with E-state index in [1.807, 2.05) is 17.1 Å². The fraction of sp³-hybridized carbons (Fsp3) is 0.708. The van der Waals surface area contributed by atoms with Crippen LogP contribution in [0.1, 0.15) is 76.7 Å². The van der Waals surface area contributed by atoms with Crippen molar-refractivity contribution in [3.8, 4) is 0 Å². The molecule has 1 spiro atoms. The first-order valence-electron chi connectivity index (χ1n) is 12.3. The van der Waals surface area contributed by atoms with Crippen molar-refractivity contribution in [1.29, 1.82) is 0 Å². The molecule has 0 unspecified atom stereocenters. The average molecular weight is 442 g/mol. The number of pyridine rings is 1. The van der Waals surface area contributed by atoms with Crippen LogP contribution >= 0.6 is 0 Å². The van der Waals surface area contributed by atoms with Crippen LogP contribution < -0.4 is 5.32 Å². The Kier molecular flexibility index (Phi) is 6.33. The molecular weight excluding hydrogens is 406 g/mol. The number of aliphatic hydroxyl groups excluding tert-OH is 1. The predicted molar refractivity (Wildman–Crippen MR) is 124 cm³/mol. The number of rotatable bonds is 7. The van der Waals surface area contributed by atoms with E-state index in [4.69, 9.17) is 19.7 Å². The van der Waals surface area contributed by atoms with E-state index in [-0.39, 0.29) is 18.3 Å². The molecule has 2 aromatic rings. The summed E-state index contributed by atoms with van der Waals surface area (Å²) in [6, 6.07) is 0.481. The van der Waals surface area contributed by atoms with Crippen LogP contribution in [0, 0.1) is 0 Å². The number of hydrogen-bond donors (Lipinski definition) is 2. The maximum absolute atomic E-state index is 9.01. The van der Waals surface area contributed by atoms with E-state index in [0.717, 1.165) is 66.6 Å². The van der Waals surface area contributed by atoms with E-state index < -0.39 is 0 Å². The highest BCUT2D eigenvalue weighted by Gasteiger charge is 2.43. The van der Waals surface area contributed by atoms with Crippen molar-refractivity contribution in [2.45, 2.75) is 95.4 Å². The lowest BCUT2D eigenvalue weighted by Gasteiger charge is -2.34. The Morgan fingerprint density at radius 2 is 2.00 bits per heavy atom. The third-order valence-electron chi connectivity index (χ3n) is 7.36. The SMILES string of the molecule is CCn1ncc2c(NC3CCCCC3)c(C3=NOC4(CCC(OCCO)CC4)C3)cnc21. The number of aryl methyl sites for hydroxylation is 1. The number of ether oxygens (including phenoxy) is 1. The molecule has 1 aliphatic heterocycles. The highest BCUT2D eigenvalue weighted by atomic mass is 16.7. The summed E-state index contributed by atoms with van der Waals surface area (Å²) < 4.78 is 7.69. The topological polar surface area (TPSA) is 93.8 Å². The third kappa shape index (κ3) is 4.22. The first-order chi connectivity index (χ1) is 15.7. The van der Waals surface area contributed by atoms with Gasteiger partial charge in [0, 0.05) is 30.8 Å². The lowest BCUT2D eigenvalue weighted by atomic mass is 9.79. The summed E-state index contributed by atoms with van der Waals surface area (Å²) in [5.74, 6) is 0. The zero-order valence-corrected chi connectivity index (χ0v) is 19.1. The van der Waals surface area contributed by atoms with Crippen LogP contribution in [0.4, 0.5) is 5.69 Å². The number of aromatic nitrogens is 3. The highest BCUT2D eigenvalue weighted by Crippen LogP contribution is 2.42. The molecule has 2 aromatic heterocycles. The molecular formula is C24H35N5O3. The number of fused-ring (bicyclic) bond motifs is 1. The summed E-state index contributed by atoms with van der Waals surface area (Å²) in [6.45, 7) is 3.38. The second kappa shape index (κ2) is 9.35. The number of nitrogens with zero attached hydrogens (tertiary/aromatic N) is 4. The van der Waals surface area contributed by atoms with Crippen LogP contribution in [-0.4, -0.2) is 56.5 Å². The Balaban J connectivity index is 1.38. The molecule has 32 heavy (non-hydrogen) atoms. The Morgan fingerprint density at radius 3 is 2.75 bits per heavy atom. The van der Waals surface area contributed by atoms with Gasteiger partial charge in [0.25, 0.3) is 0 Å². The first kappa shape index (κ1) is 21.6. The smallest absolute Gasteiger partial charge is 0.159 e. The summed E-state index contributed by atoms with van der Waals surface area (Å²) in [5, 5.41) is 23.1. The maximum Gasteiger partial charge on any atom is 0.159 e. The van der Waals surface area contributed by atoms with Crippen LogP contribution in [0.3, 0.4) is 0 Å². The van der Waals surface area contributed by atoms with E-state index >= 15 is 0 Å².